The van der Waals surface area contributed by atoms with Crippen LogP contribution in [0, 0.1) is 11.7 Å². The van der Waals surface area contributed by atoms with Crippen molar-refractivity contribution in [1.29, 1.82) is 0 Å². The molecule has 36 heavy (non-hydrogen) atoms. The van der Waals surface area contributed by atoms with E-state index in [0.717, 1.165) is 64.3 Å². The van der Waals surface area contributed by atoms with Crippen LogP contribution < -0.4 is 9.47 Å². The number of halogens is 2. The smallest absolute Gasteiger partial charge is 0.151 e. The molecule has 0 aliphatic carbocycles. The van der Waals surface area contributed by atoms with Crippen LogP contribution in [0.5, 0.6) is 11.5 Å². The number of allylic oxidation sites excluding steroid dienone is 1. The van der Waals surface area contributed by atoms with Gasteiger partial charge in [-0.05, 0) is 54.5 Å². The summed E-state index contributed by atoms with van der Waals surface area (Å²) in [6.07, 6.45) is 2.56. The van der Waals surface area contributed by atoms with Crippen LogP contribution in [-0.2, 0) is 0 Å². The van der Waals surface area contributed by atoms with Crippen LogP contribution in [0.15, 0.2) is 60.9 Å². The van der Waals surface area contributed by atoms with Gasteiger partial charge in [0, 0.05) is 36.7 Å². The zero-order valence-electron chi connectivity index (χ0n) is 19.9. The first-order chi connectivity index (χ1) is 17.6. The molecule has 1 atom stereocenters. The van der Waals surface area contributed by atoms with E-state index in [9.17, 15) is 8.78 Å². The van der Waals surface area contributed by atoms with E-state index in [1.54, 1.807) is 12.3 Å². The molecular weight excluding hydrogens is 462 g/mol. The van der Waals surface area contributed by atoms with E-state index < -0.39 is 6.10 Å². The molecule has 0 radical (unpaired) electrons. The van der Waals surface area contributed by atoms with Gasteiger partial charge in [-0.2, -0.15) is 5.10 Å². The zero-order chi connectivity index (χ0) is 24.6. The second-order valence-corrected chi connectivity index (χ2v) is 9.37. The van der Waals surface area contributed by atoms with E-state index in [4.69, 9.17) is 9.47 Å². The van der Waals surface area contributed by atoms with Crippen molar-refractivity contribution in [2.75, 3.05) is 32.9 Å². The van der Waals surface area contributed by atoms with Gasteiger partial charge in [-0.1, -0.05) is 12.1 Å². The van der Waals surface area contributed by atoms with Crippen LogP contribution in [0.1, 0.15) is 29.8 Å². The molecule has 4 aromatic rings. The van der Waals surface area contributed by atoms with Crippen molar-refractivity contribution in [2.24, 2.45) is 5.92 Å². The molecule has 6 nitrogen and oxygen atoms in total. The summed E-state index contributed by atoms with van der Waals surface area (Å²) < 4.78 is 38.8. The summed E-state index contributed by atoms with van der Waals surface area (Å²) in [4.78, 5) is 6.56. The van der Waals surface area contributed by atoms with Gasteiger partial charge in [0.1, 0.15) is 23.9 Å². The minimum absolute atomic E-state index is 0.175. The molecule has 1 N–H and O–H groups in total. The lowest BCUT2D eigenvalue weighted by molar-refractivity contribution is 0.0668. The number of H-pyrrole nitrogens is 1. The second-order valence-electron chi connectivity index (χ2n) is 9.37. The Morgan fingerprint density at radius 2 is 1.92 bits per heavy atom. The SMILES string of the molecule is CC1=C(c2ccc(F)cn2)C(c2ccc(OCCN3CC(CF)C3)cc2)Oc2c1ccc1[nH]ncc21. The van der Waals surface area contributed by atoms with Crippen LogP contribution in [0.3, 0.4) is 0 Å². The molecule has 8 heteroatoms. The van der Waals surface area contributed by atoms with E-state index >= 15 is 0 Å². The monoisotopic (exact) mass is 488 g/mol. The molecule has 2 aliphatic rings. The lowest BCUT2D eigenvalue weighted by atomic mass is 9.87. The Hall–Kier alpha value is -3.78. The van der Waals surface area contributed by atoms with E-state index in [2.05, 4.69) is 20.1 Å². The predicted molar refractivity (Wildman–Crippen MR) is 134 cm³/mol. The lowest BCUT2D eigenvalue weighted by Gasteiger charge is -2.37. The summed E-state index contributed by atoms with van der Waals surface area (Å²) in [5, 5.41) is 8.08. The highest BCUT2D eigenvalue weighted by Crippen LogP contribution is 2.48. The number of fused-ring (bicyclic) bond motifs is 3. The number of alkyl halides is 1. The standard InChI is InChI=1S/C28H26F2N4O2/c1-17-22-7-9-24-23(14-32-33-24)28(22)36-27(26(17)25-8-4-20(30)13-31-25)19-2-5-21(6-3-19)35-11-10-34-15-18(12-29)16-34/h2-9,13-14,18,27H,10-12,15-16H2,1H3,(H,32,33). The molecule has 0 bridgehead atoms. The van der Waals surface area contributed by atoms with E-state index in [1.807, 2.05) is 43.3 Å². The topological polar surface area (TPSA) is 63.3 Å². The van der Waals surface area contributed by atoms with Crippen molar-refractivity contribution in [1.82, 2.24) is 20.1 Å². The van der Waals surface area contributed by atoms with E-state index in [-0.39, 0.29) is 18.4 Å². The third kappa shape index (κ3) is 4.11. The molecule has 1 unspecified atom stereocenters. The predicted octanol–water partition coefficient (Wildman–Crippen LogP) is 5.44. The first-order valence-electron chi connectivity index (χ1n) is 12.1. The van der Waals surface area contributed by atoms with Gasteiger partial charge >= 0.3 is 0 Å². The minimum atomic E-state index is -0.441. The summed E-state index contributed by atoms with van der Waals surface area (Å²) in [6.45, 7) is 4.73. The average Bonchev–Trinajstić information content (AvgIpc) is 3.36. The van der Waals surface area contributed by atoms with Crippen molar-refractivity contribution < 1.29 is 18.3 Å². The molecule has 1 fully saturated rings. The fourth-order valence-corrected chi connectivity index (χ4v) is 5.02. The normalized spacial score (nSPS) is 18.1. The van der Waals surface area contributed by atoms with Gasteiger partial charge in [0.05, 0.1) is 35.7 Å². The van der Waals surface area contributed by atoms with Gasteiger partial charge in [0.25, 0.3) is 0 Å². The summed E-state index contributed by atoms with van der Waals surface area (Å²) in [5.41, 5.74) is 5.36. The summed E-state index contributed by atoms with van der Waals surface area (Å²) >= 11 is 0. The quantitative estimate of drug-likeness (QED) is 0.375. The third-order valence-electron chi connectivity index (χ3n) is 6.99. The molecular formula is C28H26F2N4O2. The molecule has 2 aromatic carbocycles. The molecule has 2 aromatic heterocycles. The Balaban J connectivity index is 1.29. The summed E-state index contributed by atoms with van der Waals surface area (Å²) in [5.74, 6) is 1.31. The fraction of sp³-hybridized carbons (Fsp3) is 0.286. The first-order valence-corrected chi connectivity index (χ1v) is 12.1. The molecule has 184 valence electrons. The Morgan fingerprint density at radius 1 is 1.08 bits per heavy atom. The lowest BCUT2D eigenvalue weighted by Crippen LogP contribution is -2.49. The first kappa shape index (κ1) is 22.7. The van der Waals surface area contributed by atoms with Crippen LogP contribution in [0.25, 0.3) is 22.0 Å². The Morgan fingerprint density at radius 3 is 2.67 bits per heavy atom. The Kier molecular flexibility index (Phi) is 5.89. The zero-order valence-corrected chi connectivity index (χ0v) is 19.9. The van der Waals surface area contributed by atoms with Crippen molar-refractivity contribution in [3.8, 4) is 11.5 Å². The van der Waals surface area contributed by atoms with Crippen LogP contribution in [-0.4, -0.2) is 53.0 Å². The fourth-order valence-electron chi connectivity index (χ4n) is 5.02. The van der Waals surface area contributed by atoms with Crippen LogP contribution in [0.4, 0.5) is 8.78 Å². The van der Waals surface area contributed by atoms with Gasteiger partial charge in [-0.15, -0.1) is 0 Å². The summed E-state index contributed by atoms with van der Waals surface area (Å²) in [6, 6.07) is 14.9. The number of ether oxygens (including phenoxy) is 2. The highest BCUT2D eigenvalue weighted by molar-refractivity contribution is 6.00. The molecule has 4 heterocycles. The third-order valence-corrected chi connectivity index (χ3v) is 6.99. The van der Waals surface area contributed by atoms with Gasteiger partial charge in [0.2, 0.25) is 0 Å². The van der Waals surface area contributed by atoms with Crippen LogP contribution >= 0.6 is 0 Å². The van der Waals surface area contributed by atoms with Gasteiger partial charge in [-0.25, -0.2) is 4.39 Å². The number of benzene rings is 2. The second kappa shape index (κ2) is 9.35. The maximum Gasteiger partial charge on any atom is 0.151 e. The minimum Gasteiger partial charge on any atom is -0.492 e. The highest BCUT2D eigenvalue weighted by atomic mass is 19.1. The molecule has 2 aliphatic heterocycles. The number of pyridine rings is 1. The number of nitrogens with zero attached hydrogens (tertiary/aromatic N) is 3. The number of aromatic nitrogens is 3. The average molecular weight is 489 g/mol. The largest absolute Gasteiger partial charge is 0.492 e. The number of likely N-dealkylation sites (tertiary alicyclic amines) is 1. The maximum atomic E-state index is 13.7. The molecule has 0 amide bonds. The number of hydrogen-bond acceptors (Lipinski definition) is 5. The van der Waals surface area contributed by atoms with Crippen LogP contribution in [0.2, 0.25) is 0 Å². The van der Waals surface area contributed by atoms with Crippen molar-refractivity contribution in [2.45, 2.75) is 13.0 Å². The van der Waals surface area contributed by atoms with Crippen molar-refractivity contribution in [3.05, 3.63) is 83.6 Å². The van der Waals surface area contributed by atoms with E-state index in [0.29, 0.717) is 12.3 Å². The number of hydrogen-bond donors (Lipinski definition) is 1. The Bertz CT molecular complexity index is 1410. The summed E-state index contributed by atoms with van der Waals surface area (Å²) in [7, 11) is 0. The number of aromatic amines is 1. The maximum absolute atomic E-state index is 13.7. The molecule has 0 saturated carbocycles. The van der Waals surface area contributed by atoms with Gasteiger partial charge in [0.15, 0.2) is 6.10 Å². The Labute approximate surface area is 207 Å². The molecule has 6 rings (SSSR count). The van der Waals surface area contributed by atoms with Crippen molar-refractivity contribution in [3.63, 3.8) is 0 Å². The molecule has 0 spiro atoms. The highest BCUT2D eigenvalue weighted by Gasteiger charge is 2.31. The van der Waals surface area contributed by atoms with Gasteiger partial charge in [-0.3, -0.25) is 19.4 Å². The number of nitrogens with one attached hydrogen (secondary N) is 1. The van der Waals surface area contributed by atoms with Gasteiger partial charge < -0.3 is 9.47 Å². The van der Waals surface area contributed by atoms with E-state index in [1.165, 1.54) is 12.3 Å². The van der Waals surface area contributed by atoms with Crippen molar-refractivity contribution >= 4 is 22.0 Å². The molecule has 1 saturated heterocycles. The number of rotatable bonds is 7.